The molecule has 156 valence electrons. The van der Waals surface area contributed by atoms with E-state index in [-0.39, 0.29) is 11.0 Å². The second-order valence-electron chi connectivity index (χ2n) is 10.4. The third-order valence-corrected chi connectivity index (χ3v) is 6.31. The number of aryl methyl sites for hydroxylation is 1. The molecule has 0 N–H and O–H groups in total. The van der Waals surface area contributed by atoms with Crippen LogP contribution in [0.4, 0.5) is 11.4 Å². The Kier molecular flexibility index (Phi) is 5.94. The van der Waals surface area contributed by atoms with Gasteiger partial charge in [-0.3, -0.25) is 4.99 Å². The summed E-state index contributed by atoms with van der Waals surface area (Å²) >= 11 is 0. The van der Waals surface area contributed by atoms with E-state index in [9.17, 15) is 0 Å². The minimum Gasteiger partial charge on any atom is -0.366 e. The van der Waals surface area contributed by atoms with Gasteiger partial charge in [0.05, 0.1) is 5.69 Å². The largest absolute Gasteiger partial charge is 0.366 e. The van der Waals surface area contributed by atoms with Crippen molar-refractivity contribution in [3.8, 4) is 0 Å². The fraction of sp³-hybridized carbons (Fsp3) is 0.519. The average molecular weight is 391 g/mol. The Hall–Kier alpha value is -2.09. The molecule has 1 aliphatic rings. The van der Waals surface area contributed by atoms with Crippen LogP contribution in [0.15, 0.2) is 41.4 Å². The highest BCUT2D eigenvalue weighted by Gasteiger charge is 2.36. The maximum Gasteiger partial charge on any atom is 0.0630 e. The molecule has 0 radical (unpaired) electrons. The lowest BCUT2D eigenvalue weighted by Gasteiger charge is -2.48. The van der Waals surface area contributed by atoms with Gasteiger partial charge in [-0.2, -0.15) is 0 Å². The molecule has 0 fully saturated rings. The molecule has 2 aromatic carbocycles. The number of nitrogens with zero attached hydrogens (tertiary/aromatic N) is 2. The van der Waals surface area contributed by atoms with Gasteiger partial charge in [0.1, 0.15) is 0 Å². The minimum absolute atomic E-state index is 0.172. The summed E-state index contributed by atoms with van der Waals surface area (Å²) in [5.41, 5.74) is 8.14. The molecule has 0 aromatic heterocycles. The molecule has 0 saturated carbocycles. The molecule has 1 atom stereocenters. The summed E-state index contributed by atoms with van der Waals surface area (Å²) < 4.78 is 0. The van der Waals surface area contributed by atoms with Crippen LogP contribution in [0.25, 0.3) is 0 Å². The highest BCUT2D eigenvalue weighted by Crippen LogP contribution is 2.44. The van der Waals surface area contributed by atoms with Gasteiger partial charge in [-0.05, 0) is 91.5 Å². The van der Waals surface area contributed by atoms with E-state index >= 15 is 0 Å². The van der Waals surface area contributed by atoms with E-state index in [0.29, 0.717) is 5.92 Å². The molecular formula is C27H38N2. The number of rotatable bonds is 4. The van der Waals surface area contributed by atoms with Gasteiger partial charge >= 0.3 is 0 Å². The van der Waals surface area contributed by atoms with E-state index in [1.165, 1.54) is 40.8 Å². The molecule has 1 heterocycles. The first kappa shape index (κ1) is 21.6. The van der Waals surface area contributed by atoms with Gasteiger partial charge in [-0.15, -0.1) is 0 Å². The average Bonchev–Trinajstić information content (AvgIpc) is 2.63. The summed E-state index contributed by atoms with van der Waals surface area (Å²) in [6.45, 7) is 19.4. The van der Waals surface area contributed by atoms with Gasteiger partial charge in [0.25, 0.3) is 0 Å². The van der Waals surface area contributed by atoms with Gasteiger partial charge in [-0.1, -0.05) is 46.8 Å². The first-order valence-electron chi connectivity index (χ1n) is 11.1. The monoisotopic (exact) mass is 390 g/mol. The number of anilines is 1. The summed E-state index contributed by atoms with van der Waals surface area (Å²) in [4.78, 5) is 7.39. The zero-order valence-corrected chi connectivity index (χ0v) is 19.6. The number of benzene rings is 2. The molecule has 1 unspecified atom stereocenters. The maximum atomic E-state index is 4.78. The fourth-order valence-electron chi connectivity index (χ4n) is 4.63. The predicted octanol–water partition coefficient (Wildman–Crippen LogP) is 7.55. The van der Waals surface area contributed by atoms with E-state index in [1.807, 2.05) is 6.21 Å². The van der Waals surface area contributed by atoms with Crippen molar-refractivity contribution in [2.45, 2.75) is 85.1 Å². The first-order valence-corrected chi connectivity index (χ1v) is 11.1. The Balaban J connectivity index is 1.92. The van der Waals surface area contributed by atoms with Crippen LogP contribution in [0.1, 0.15) is 89.5 Å². The number of hydrogen-bond donors (Lipinski definition) is 0. The lowest BCUT2D eigenvalue weighted by atomic mass is 9.79. The zero-order chi connectivity index (χ0) is 21.4. The van der Waals surface area contributed by atoms with Gasteiger partial charge in [0.2, 0.25) is 0 Å². The van der Waals surface area contributed by atoms with E-state index in [2.05, 4.69) is 96.7 Å². The van der Waals surface area contributed by atoms with Crippen LogP contribution >= 0.6 is 0 Å². The first-order chi connectivity index (χ1) is 13.5. The number of fused-ring (bicyclic) bond motifs is 1. The van der Waals surface area contributed by atoms with Gasteiger partial charge in [0, 0.05) is 24.0 Å². The van der Waals surface area contributed by atoms with Crippen molar-refractivity contribution in [2.24, 2.45) is 4.99 Å². The van der Waals surface area contributed by atoms with Crippen LogP contribution in [0.3, 0.4) is 0 Å². The second-order valence-corrected chi connectivity index (χ2v) is 10.4. The molecule has 1 aliphatic heterocycles. The molecule has 2 nitrogen and oxygen atoms in total. The van der Waals surface area contributed by atoms with Crippen molar-refractivity contribution in [2.75, 3.05) is 11.4 Å². The quantitative estimate of drug-likeness (QED) is 0.492. The van der Waals surface area contributed by atoms with E-state index in [1.54, 1.807) is 0 Å². The highest BCUT2D eigenvalue weighted by molar-refractivity contribution is 5.86. The molecule has 0 saturated heterocycles. The minimum atomic E-state index is 0.172. The van der Waals surface area contributed by atoms with Crippen molar-refractivity contribution in [1.29, 1.82) is 0 Å². The van der Waals surface area contributed by atoms with Gasteiger partial charge in [0.15, 0.2) is 0 Å². The summed E-state index contributed by atoms with van der Waals surface area (Å²) in [6, 6.07) is 13.4. The highest BCUT2D eigenvalue weighted by atomic mass is 15.2. The molecule has 0 spiro atoms. The van der Waals surface area contributed by atoms with Crippen molar-refractivity contribution < 1.29 is 0 Å². The summed E-state index contributed by atoms with van der Waals surface area (Å²) in [5, 5.41) is 0. The van der Waals surface area contributed by atoms with Crippen LogP contribution in [0.5, 0.6) is 0 Å². The Morgan fingerprint density at radius 3 is 2.38 bits per heavy atom. The second kappa shape index (κ2) is 7.97. The van der Waals surface area contributed by atoms with Crippen LogP contribution in [-0.2, 0) is 5.41 Å². The van der Waals surface area contributed by atoms with E-state index in [0.717, 1.165) is 12.2 Å². The standard InChI is InChI=1S/C27H38N2/c1-9-14-29-25-15-19(2)21(16-24(25)20(3)17-27(29,7)8)18-28-23-12-10-22(11-13-23)26(4,5)6/h10-13,15-16,18,20H,9,14,17H2,1-8H3. The van der Waals surface area contributed by atoms with E-state index < -0.39 is 0 Å². The van der Waals surface area contributed by atoms with Crippen molar-refractivity contribution in [3.05, 3.63) is 58.7 Å². The third-order valence-electron chi connectivity index (χ3n) is 6.31. The Bertz CT molecular complexity index is 882. The molecule has 0 bridgehead atoms. The lowest BCUT2D eigenvalue weighted by molar-refractivity contribution is 0.376. The van der Waals surface area contributed by atoms with Crippen molar-refractivity contribution in [1.82, 2.24) is 0 Å². The molecular weight excluding hydrogens is 352 g/mol. The third kappa shape index (κ3) is 4.57. The molecule has 0 aliphatic carbocycles. The zero-order valence-electron chi connectivity index (χ0n) is 19.6. The van der Waals surface area contributed by atoms with Crippen LogP contribution < -0.4 is 4.90 Å². The molecule has 3 rings (SSSR count). The summed E-state index contributed by atoms with van der Waals surface area (Å²) in [6.07, 6.45) is 4.40. The van der Waals surface area contributed by atoms with E-state index in [4.69, 9.17) is 4.99 Å². The summed E-state index contributed by atoms with van der Waals surface area (Å²) in [5.74, 6) is 0.562. The molecule has 29 heavy (non-hydrogen) atoms. The predicted molar refractivity (Wildman–Crippen MR) is 128 cm³/mol. The van der Waals surface area contributed by atoms with Crippen LogP contribution in [-0.4, -0.2) is 18.3 Å². The smallest absolute Gasteiger partial charge is 0.0630 e. The van der Waals surface area contributed by atoms with Crippen LogP contribution in [0.2, 0.25) is 0 Å². The fourth-order valence-corrected chi connectivity index (χ4v) is 4.63. The number of aliphatic imine (C=N–C) groups is 1. The summed E-state index contributed by atoms with van der Waals surface area (Å²) in [7, 11) is 0. The van der Waals surface area contributed by atoms with Crippen molar-refractivity contribution >= 4 is 17.6 Å². The Morgan fingerprint density at radius 2 is 1.79 bits per heavy atom. The lowest BCUT2D eigenvalue weighted by Crippen LogP contribution is -2.48. The Morgan fingerprint density at radius 1 is 1.14 bits per heavy atom. The van der Waals surface area contributed by atoms with Gasteiger partial charge in [-0.25, -0.2) is 0 Å². The Labute approximate surface area is 178 Å². The topological polar surface area (TPSA) is 15.6 Å². The van der Waals surface area contributed by atoms with Crippen LogP contribution in [0, 0.1) is 6.92 Å². The maximum absolute atomic E-state index is 4.78. The number of hydrogen-bond acceptors (Lipinski definition) is 2. The molecule has 2 aromatic rings. The SMILES string of the molecule is CCCN1c2cc(C)c(C=Nc3ccc(C(C)(C)C)cc3)cc2C(C)CC1(C)C. The van der Waals surface area contributed by atoms with Gasteiger partial charge < -0.3 is 4.90 Å². The molecule has 0 amide bonds. The normalized spacial score (nSPS) is 18.9. The van der Waals surface area contributed by atoms with Crippen molar-refractivity contribution in [3.63, 3.8) is 0 Å². The molecule has 2 heteroatoms.